The van der Waals surface area contributed by atoms with Crippen LogP contribution < -0.4 is 5.73 Å². The van der Waals surface area contributed by atoms with Gasteiger partial charge >= 0.3 is 0 Å². The van der Waals surface area contributed by atoms with E-state index in [9.17, 15) is 4.79 Å². The molecule has 6 heteroatoms. The van der Waals surface area contributed by atoms with Crippen LogP contribution in [0, 0.1) is 0 Å². The lowest BCUT2D eigenvalue weighted by molar-refractivity contribution is 0.0530. The van der Waals surface area contributed by atoms with Gasteiger partial charge in [0.25, 0.3) is 5.91 Å². The Labute approximate surface area is 117 Å². The number of benzene rings is 1. The Morgan fingerprint density at radius 2 is 2.25 bits per heavy atom. The number of anilines is 1. The molecule has 0 spiro atoms. The molecule has 0 saturated heterocycles. The zero-order valence-corrected chi connectivity index (χ0v) is 12.0. The Hall–Kier alpha value is -2.08. The number of nitrogen functional groups attached to an aromatic ring is 1. The summed E-state index contributed by atoms with van der Waals surface area (Å²) in [7, 11) is 1.73. The number of nitrogens with one attached hydrogen (secondary N) is 1. The molecule has 1 aromatic carbocycles. The third-order valence-electron chi connectivity index (χ3n) is 3.01. The first-order chi connectivity index (χ1) is 9.49. The summed E-state index contributed by atoms with van der Waals surface area (Å²) in [5.41, 5.74) is 7.55. The maximum Gasteiger partial charge on any atom is 0.274 e. The summed E-state index contributed by atoms with van der Waals surface area (Å²) < 4.78 is 5.44. The zero-order valence-electron chi connectivity index (χ0n) is 12.0. The second kappa shape index (κ2) is 5.92. The lowest BCUT2D eigenvalue weighted by Gasteiger charge is -2.17. The quantitative estimate of drug-likeness (QED) is 0.813. The summed E-state index contributed by atoms with van der Waals surface area (Å²) in [5.74, 6) is -0.144. The molecule has 0 fully saturated rings. The van der Waals surface area contributed by atoms with Crippen LogP contribution in [0.3, 0.4) is 0 Å². The molecule has 0 atom stereocenters. The van der Waals surface area contributed by atoms with Crippen molar-refractivity contribution in [2.75, 3.05) is 25.9 Å². The monoisotopic (exact) mass is 276 g/mol. The Kier molecular flexibility index (Phi) is 4.24. The maximum atomic E-state index is 12.4. The fourth-order valence-corrected chi connectivity index (χ4v) is 1.90. The van der Waals surface area contributed by atoms with Crippen LogP contribution in [-0.4, -0.2) is 47.3 Å². The smallest absolute Gasteiger partial charge is 0.274 e. The average molecular weight is 276 g/mol. The molecule has 0 unspecified atom stereocenters. The molecule has 1 heterocycles. The van der Waals surface area contributed by atoms with Crippen molar-refractivity contribution >= 4 is 22.5 Å². The molecule has 3 N–H and O–H groups in total. The molecular weight excluding hydrogens is 256 g/mol. The first kappa shape index (κ1) is 14.3. The topological polar surface area (TPSA) is 84.2 Å². The van der Waals surface area contributed by atoms with Crippen LogP contribution in [0.25, 0.3) is 10.9 Å². The highest BCUT2D eigenvalue weighted by Crippen LogP contribution is 2.19. The molecule has 0 aliphatic carbocycles. The number of amides is 1. The van der Waals surface area contributed by atoms with E-state index in [0.29, 0.717) is 24.5 Å². The van der Waals surface area contributed by atoms with Gasteiger partial charge in [-0.15, -0.1) is 0 Å². The largest absolute Gasteiger partial charge is 0.399 e. The van der Waals surface area contributed by atoms with Crippen LogP contribution in [0.1, 0.15) is 24.3 Å². The number of H-pyrrole nitrogens is 1. The van der Waals surface area contributed by atoms with E-state index in [1.54, 1.807) is 24.1 Å². The minimum atomic E-state index is -0.144. The van der Waals surface area contributed by atoms with Crippen molar-refractivity contribution in [3.05, 3.63) is 23.9 Å². The first-order valence-electron chi connectivity index (χ1n) is 6.59. The van der Waals surface area contributed by atoms with Crippen LogP contribution in [-0.2, 0) is 4.74 Å². The van der Waals surface area contributed by atoms with Crippen molar-refractivity contribution in [2.45, 2.75) is 20.0 Å². The van der Waals surface area contributed by atoms with Crippen LogP contribution in [0.4, 0.5) is 5.69 Å². The Morgan fingerprint density at radius 1 is 1.50 bits per heavy atom. The van der Waals surface area contributed by atoms with Crippen molar-refractivity contribution in [1.82, 2.24) is 15.1 Å². The Bertz CT molecular complexity index is 606. The van der Waals surface area contributed by atoms with E-state index in [1.807, 2.05) is 19.9 Å². The molecule has 2 rings (SSSR count). The van der Waals surface area contributed by atoms with Crippen LogP contribution in [0.5, 0.6) is 0 Å². The molecule has 0 radical (unpaired) electrons. The van der Waals surface area contributed by atoms with Crippen molar-refractivity contribution in [1.29, 1.82) is 0 Å². The molecule has 1 aromatic heterocycles. The molecule has 0 saturated carbocycles. The van der Waals surface area contributed by atoms with Gasteiger partial charge in [-0.2, -0.15) is 5.10 Å². The number of carbonyl (C=O) groups excluding carboxylic acids is 1. The average Bonchev–Trinajstić information content (AvgIpc) is 2.80. The third-order valence-corrected chi connectivity index (χ3v) is 3.01. The Balaban J connectivity index is 2.12. The fraction of sp³-hybridized carbons (Fsp3) is 0.429. The van der Waals surface area contributed by atoms with Gasteiger partial charge in [0.15, 0.2) is 5.69 Å². The highest BCUT2D eigenvalue weighted by molar-refractivity contribution is 6.05. The molecule has 1 amide bonds. The minimum Gasteiger partial charge on any atom is -0.399 e. The molecule has 6 nitrogen and oxygen atoms in total. The van der Waals surface area contributed by atoms with Gasteiger partial charge in [-0.3, -0.25) is 9.89 Å². The molecule has 2 aromatic rings. The number of likely N-dealkylation sites (N-methyl/N-ethyl adjacent to an activating group) is 1. The molecule has 0 bridgehead atoms. The predicted molar refractivity (Wildman–Crippen MR) is 78.6 cm³/mol. The van der Waals surface area contributed by atoms with E-state index in [1.165, 1.54) is 0 Å². The number of nitrogens with zero attached hydrogens (tertiary/aromatic N) is 2. The van der Waals surface area contributed by atoms with Crippen LogP contribution in [0.2, 0.25) is 0 Å². The maximum absolute atomic E-state index is 12.4. The lowest BCUT2D eigenvalue weighted by atomic mass is 10.2. The van der Waals surface area contributed by atoms with Crippen LogP contribution >= 0.6 is 0 Å². The van der Waals surface area contributed by atoms with E-state index in [0.717, 1.165) is 10.9 Å². The third kappa shape index (κ3) is 3.08. The zero-order chi connectivity index (χ0) is 14.7. The van der Waals surface area contributed by atoms with Gasteiger partial charge in [0.1, 0.15) is 0 Å². The number of rotatable bonds is 5. The second-order valence-corrected chi connectivity index (χ2v) is 5.02. The lowest BCUT2D eigenvalue weighted by Crippen LogP contribution is -2.31. The number of hydrogen-bond acceptors (Lipinski definition) is 4. The molecule has 20 heavy (non-hydrogen) atoms. The van der Waals surface area contributed by atoms with E-state index in [-0.39, 0.29) is 12.0 Å². The predicted octanol–water partition coefficient (Wildman–Crippen LogP) is 1.64. The number of carbonyl (C=O) groups is 1. The summed E-state index contributed by atoms with van der Waals surface area (Å²) in [6.45, 7) is 4.95. The standard InChI is InChI=1S/C14H20N4O2/c1-9(2)20-7-6-18(3)14(19)13-11-8-10(15)4-5-12(11)16-17-13/h4-5,8-9H,6-7,15H2,1-3H3,(H,16,17). The first-order valence-corrected chi connectivity index (χ1v) is 6.59. The molecule has 0 aliphatic rings. The highest BCUT2D eigenvalue weighted by atomic mass is 16.5. The van der Waals surface area contributed by atoms with E-state index in [2.05, 4.69) is 10.2 Å². The molecule has 108 valence electrons. The van der Waals surface area contributed by atoms with Gasteiger partial charge in [0.2, 0.25) is 0 Å². The molecule has 0 aliphatic heterocycles. The van der Waals surface area contributed by atoms with Crippen molar-refractivity contribution < 1.29 is 9.53 Å². The van der Waals surface area contributed by atoms with E-state index < -0.39 is 0 Å². The van der Waals surface area contributed by atoms with Gasteiger partial charge in [-0.25, -0.2) is 0 Å². The minimum absolute atomic E-state index is 0.144. The summed E-state index contributed by atoms with van der Waals surface area (Å²) >= 11 is 0. The number of nitrogens with two attached hydrogens (primary N) is 1. The second-order valence-electron chi connectivity index (χ2n) is 5.02. The number of ether oxygens (including phenoxy) is 1. The normalized spacial score (nSPS) is 11.2. The number of hydrogen-bond donors (Lipinski definition) is 2. The SMILES string of the molecule is CC(C)OCCN(C)C(=O)c1n[nH]c2ccc(N)cc12. The summed E-state index contributed by atoms with van der Waals surface area (Å²) in [4.78, 5) is 14.0. The van der Waals surface area contributed by atoms with E-state index in [4.69, 9.17) is 10.5 Å². The number of aromatic amines is 1. The van der Waals surface area contributed by atoms with Gasteiger partial charge in [0.05, 0.1) is 18.2 Å². The number of aromatic nitrogens is 2. The summed E-state index contributed by atoms with van der Waals surface area (Å²) in [6.07, 6.45) is 0.157. The fourth-order valence-electron chi connectivity index (χ4n) is 1.90. The van der Waals surface area contributed by atoms with E-state index >= 15 is 0 Å². The van der Waals surface area contributed by atoms with Crippen molar-refractivity contribution in [3.8, 4) is 0 Å². The van der Waals surface area contributed by atoms with Gasteiger partial charge < -0.3 is 15.4 Å². The Morgan fingerprint density at radius 3 is 2.95 bits per heavy atom. The highest BCUT2D eigenvalue weighted by Gasteiger charge is 2.18. The van der Waals surface area contributed by atoms with Gasteiger partial charge in [-0.1, -0.05) is 0 Å². The van der Waals surface area contributed by atoms with Crippen LogP contribution in [0.15, 0.2) is 18.2 Å². The van der Waals surface area contributed by atoms with Crippen molar-refractivity contribution in [3.63, 3.8) is 0 Å². The summed E-state index contributed by atoms with van der Waals surface area (Å²) in [6, 6.07) is 5.34. The van der Waals surface area contributed by atoms with Gasteiger partial charge in [-0.05, 0) is 32.0 Å². The number of fused-ring (bicyclic) bond motifs is 1. The van der Waals surface area contributed by atoms with Gasteiger partial charge in [0, 0.05) is 24.7 Å². The molecular formula is C14H20N4O2. The summed E-state index contributed by atoms with van der Waals surface area (Å²) in [5, 5.41) is 7.67. The van der Waals surface area contributed by atoms with Crippen molar-refractivity contribution in [2.24, 2.45) is 0 Å².